The average Bonchev–Trinajstić information content (AvgIpc) is 3.00. The Morgan fingerprint density at radius 1 is 1.00 bits per heavy atom. The molecule has 0 aliphatic rings. The smallest absolute Gasteiger partial charge is 0.0799 e. The number of benzene rings is 2. The minimum Gasteiger partial charge on any atom is -0.322 e. The van der Waals surface area contributed by atoms with E-state index in [1.54, 1.807) is 0 Å². The molecule has 0 radical (unpaired) electrons. The molecule has 1 atom stereocenters. The molecule has 0 saturated carbocycles. The standard InChI is InChI=1S/C17H16ClN3/c18-15-9-5-4-6-13(15)12-16(19)17-10-11-21(20-17)14-7-2-1-3-8-14/h1-11,16H,12,19H2. The van der Waals surface area contributed by atoms with Crippen molar-refractivity contribution in [3.05, 3.63) is 83.1 Å². The normalized spacial score (nSPS) is 12.3. The quantitative estimate of drug-likeness (QED) is 0.796. The van der Waals surface area contributed by atoms with Crippen LogP contribution in [-0.4, -0.2) is 9.78 Å². The number of para-hydroxylation sites is 1. The lowest BCUT2D eigenvalue weighted by molar-refractivity contribution is 0.678. The van der Waals surface area contributed by atoms with Crippen molar-refractivity contribution in [3.8, 4) is 5.69 Å². The molecule has 0 bridgehead atoms. The Hall–Kier alpha value is -2.10. The first-order valence-electron chi connectivity index (χ1n) is 6.84. The first-order valence-corrected chi connectivity index (χ1v) is 7.22. The summed E-state index contributed by atoms with van der Waals surface area (Å²) >= 11 is 6.18. The van der Waals surface area contributed by atoms with Crippen LogP contribution in [0.15, 0.2) is 66.9 Å². The van der Waals surface area contributed by atoms with Gasteiger partial charge in [-0.15, -0.1) is 0 Å². The van der Waals surface area contributed by atoms with Crippen LogP contribution in [0.25, 0.3) is 5.69 Å². The highest BCUT2D eigenvalue weighted by atomic mass is 35.5. The van der Waals surface area contributed by atoms with Crippen LogP contribution >= 0.6 is 11.6 Å². The van der Waals surface area contributed by atoms with Crippen molar-refractivity contribution in [3.63, 3.8) is 0 Å². The molecule has 3 aromatic rings. The van der Waals surface area contributed by atoms with E-state index in [0.717, 1.165) is 22.0 Å². The van der Waals surface area contributed by atoms with Gasteiger partial charge in [-0.3, -0.25) is 0 Å². The van der Waals surface area contributed by atoms with E-state index in [1.807, 2.05) is 71.5 Å². The third kappa shape index (κ3) is 3.15. The highest BCUT2D eigenvalue weighted by Crippen LogP contribution is 2.21. The molecule has 2 aromatic carbocycles. The van der Waals surface area contributed by atoms with Gasteiger partial charge in [-0.1, -0.05) is 48.0 Å². The van der Waals surface area contributed by atoms with Crippen molar-refractivity contribution in [2.75, 3.05) is 0 Å². The molecule has 1 heterocycles. The Kier molecular flexibility index (Phi) is 4.04. The van der Waals surface area contributed by atoms with Crippen molar-refractivity contribution in [1.82, 2.24) is 9.78 Å². The van der Waals surface area contributed by atoms with Crippen LogP contribution in [0.2, 0.25) is 5.02 Å². The van der Waals surface area contributed by atoms with Gasteiger partial charge in [0.1, 0.15) is 0 Å². The van der Waals surface area contributed by atoms with Crippen molar-refractivity contribution < 1.29 is 0 Å². The summed E-state index contributed by atoms with van der Waals surface area (Å²) in [6, 6.07) is 19.5. The fourth-order valence-corrected chi connectivity index (χ4v) is 2.48. The number of aromatic nitrogens is 2. The van der Waals surface area contributed by atoms with Gasteiger partial charge in [0.25, 0.3) is 0 Å². The molecule has 1 unspecified atom stereocenters. The Balaban J connectivity index is 1.79. The molecule has 0 aliphatic carbocycles. The fraction of sp³-hybridized carbons (Fsp3) is 0.118. The molecule has 21 heavy (non-hydrogen) atoms. The number of rotatable bonds is 4. The Labute approximate surface area is 129 Å². The van der Waals surface area contributed by atoms with Crippen molar-refractivity contribution in [2.45, 2.75) is 12.5 Å². The highest BCUT2D eigenvalue weighted by Gasteiger charge is 2.12. The topological polar surface area (TPSA) is 43.8 Å². The van der Waals surface area contributed by atoms with Crippen LogP contribution in [0, 0.1) is 0 Å². The Morgan fingerprint density at radius 2 is 1.71 bits per heavy atom. The van der Waals surface area contributed by atoms with E-state index in [-0.39, 0.29) is 6.04 Å². The summed E-state index contributed by atoms with van der Waals surface area (Å²) in [6.07, 6.45) is 2.60. The monoisotopic (exact) mass is 297 g/mol. The number of hydrogen-bond acceptors (Lipinski definition) is 2. The zero-order valence-corrected chi connectivity index (χ0v) is 12.2. The minimum atomic E-state index is -0.171. The van der Waals surface area contributed by atoms with Crippen LogP contribution < -0.4 is 5.73 Å². The van der Waals surface area contributed by atoms with E-state index < -0.39 is 0 Å². The first-order chi connectivity index (χ1) is 10.2. The molecule has 1 aromatic heterocycles. The number of hydrogen-bond donors (Lipinski definition) is 1. The van der Waals surface area contributed by atoms with Crippen LogP contribution in [0.4, 0.5) is 0 Å². The van der Waals surface area contributed by atoms with E-state index in [4.69, 9.17) is 17.3 Å². The van der Waals surface area contributed by atoms with E-state index in [1.165, 1.54) is 0 Å². The summed E-state index contributed by atoms with van der Waals surface area (Å²) in [4.78, 5) is 0. The molecule has 0 amide bonds. The molecule has 3 nitrogen and oxygen atoms in total. The molecule has 106 valence electrons. The summed E-state index contributed by atoms with van der Waals surface area (Å²) < 4.78 is 1.84. The maximum Gasteiger partial charge on any atom is 0.0799 e. The van der Waals surface area contributed by atoms with E-state index >= 15 is 0 Å². The molecule has 2 N–H and O–H groups in total. The second-order valence-corrected chi connectivity index (χ2v) is 5.33. The van der Waals surface area contributed by atoms with Gasteiger partial charge < -0.3 is 5.73 Å². The van der Waals surface area contributed by atoms with Crippen molar-refractivity contribution in [1.29, 1.82) is 0 Å². The summed E-state index contributed by atoms with van der Waals surface area (Å²) in [5.74, 6) is 0. The van der Waals surface area contributed by atoms with Gasteiger partial charge in [-0.05, 0) is 36.2 Å². The van der Waals surface area contributed by atoms with Gasteiger partial charge in [0.05, 0.1) is 17.4 Å². The predicted molar refractivity (Wildman–Crippen MR) is 85.6 cm³/mol. The second-order valence-electron chi connectivity index (χ2n) is 4.92. The minimum absolute atomic E-state index is 0.171. The van der Waals surface area contributed by atoms with Gasteiger partial charge in [0.15, 0.2) is 0 Å². The SMILES string of the molecule is NC(Cc1ccccc1Cl)c1ccn(-c2ccccc2)n1. The molecule has 0 fully saturated rings. The maximum absolute atomic E-state index is 6.25. The summed E-state index contributed by atoms with van der Waals surface area (Å²) in [7, 11) is 0. The van der Waals surface area contributed by atoms with Crippen LogP contribution in [0.1, 0.15) is 17.3 Å². The molecule has 4 heteroatoms. The zero-order valence-electron chi connectivity index (χ0n) is 11.5. The van der Waals surface area contributed by atoms with E-state index in [9.17, 15) is 0 Å². The number of halogens is 1. The Bertz CT molecular complexity index is 722. The van der Waals surface area contributed by atoms with Crippen LogP contribution in [-0.2, 0) is 6.42 Å². The third-order valence-corrected chi connectivity index (χ3v) is 3.78. The first kappa shape index (κ1) is 13.9. The van der Waals surface area contributed by atoms with Crippen LogP contribution in [0.3, 0.4) is 0 Å². The van der Waals surface area contributed by atoms with Gasteiger partial charge in [0, 0.05) is 11.2 Å². The highest BCUT2D eigenvalue weighted by molar-refractivity contribution is 6.31. The number of nitrogens with zero attached hydrogens (tertiary/aromatic N) is 2. The van der Waals surface area contributed by atoms with Gasteiger partial charge >= 0.3 is 0 Å². The second kappa shape index (κ2) is 6.12. The summed E-state index contributed by atoms with van der Waals surface area (Å²) in [5.41, 5.74) is 9.18. The average molecular weight is 298 g/mol. The number of nitrogens with two attached hydrogens (primary N) is 1. The molecular weight excluding hydrogens is 282 g/mol. The van der Waals surface area contributed by atoms with Gasteiger partial charge in [0.2, 0.25) is 0 Å². The van der Waals surface area contributed by atoms with Crippen molar-refractivity contribution in [2.24, 2.45) is 5.73 Å². The zero-order chi connectivity index (χ0) is 14.7. The molecule has 0 aliphatic heterocycles. The molecule has 3 rings (SSSR count). The van der Waals surface area contributed by atoms with E-state index in [2.05, 4.69) is 5.10 Å². The largest absolute Gasteiger partial charge is 0.322 e. The molecular formula is C17H16ClN3. The lowest BCUT2D eigenvalue weighted by atomic mass is 10.0. The lowest BCUT2D eigenvalue weighted by Gasteiger charge is -2.10. The Morgan fingerprint density at radius 3 is 2.48 bits per heavy atom. The van der Waals surface area contributed by atoms with Crippen molar-refractivity contribution >= 4 is 11.6 Å². The van der Waals surface area contributed by atoms with Gasteiger partial charge in [-0.2, -0.15) is 5.10 Å². The molecule has 0 spiro atoms. The van der Waals surface area contributed by atoms with Gasteiger partial charge in [-0.25, -0.2) is 4.68 Å². The maximum atomic E-state index is 6.25. The summed E-state index contributed by atoms with van der Waals surface area (Å²) in [6.45, 7) is 0. The predicted octanol–water partition coefficient (Wildman–Crippen LogP) is 3.77. The summed E-state index contributed by atoms with van der Waals surface area (Å²) in [5, 5.41) is 5.30. The van der Waals surface area contributed by atoms with Crippen LogP contribution in [0.5, 0.6) is 0 Å². The third-order valence-electron chi connectivity index (χ3n) is 3.41. The van der Waals surface area contributed by atoms with E-state index in [0.29, 0.717) is 6.42 Å². The molecule has 0 saturated heterocycles. The lowest BCUT2D eigenvalue weighted by Crippen LogP contribution is -2.14. The fourth-order valence-electron chi connectivity index (χ4n) is 2.27.